The maximum atomic E-state index is 12.5. The molecular weight excluding hydrogens is 384 g/mol. The Balaban J connectivity index is 1.30. The first-order valence-corrected chi connectivity index (χ1v) is 11.0. The van der Waals surface area contributed by atoms with Crippen molar-refractivity contribution in [3.63, 3.8) is 0 Å². The lowest BCUT2D eigenvalue weighted by Crippen LogP contribution is -2.26. The van der Waals surface area contributed by atoms with Crippen molar-refractivity contribution in [3.05, 3.63) is 90.0 Å². The molecule has 1 aliphatic rings. The minimum Gasteiger partial charge on any atom is -0.326 e. The second-order valence-electron chi connectivity index (χ2n) is 8.06. The van der Waals surface area contributed by atoms with Crippen LogP contribution in [0.2, 0.25) is 0 Å². The molecule has 0 spiro atoms. The predicted molar refractivity (Wildman–Crippen MR) is 125 cm³/mol. The summed E-state index contributed by atoms with van der Waals surface area (Å²) in [5.41, 5.74) is 4.91. The number of rotatable bonds is 7. The molecule has 0 saturated carbocycles. The molecule has 4 rings (SSSR count). The van der Waals surface area contributed by atoms with Crippen LogP contribution in [-0.2, 0) is 4.79 Å². The van der Waals surface area contributed by atoms with Gasteiger partial charge >= 0.3 is 0 Å². The zero-order valence-electron chi connectivity index (χ0n) is 17.6. The van der Waals surface area contributed by atoms with Gasteiger partial charge in [0, 0.05) is 24.1 Å². The maximum Gasteiger partial charge on any atom is 0.224 e. The summed E-state index contributed by atoms with van der Waals surface area (Å²) >= 11 is 0. The van der Waals surface area contributed by atoms with Crippen LogP contribution in [0.15, 0.2) is 78.9 Å². The molecule has 0 atom stereocenters. The fourth-order valence-electron chi connectivity index (χ4n) is 4.10. The van der Waals surface area contributed by atoms with Gasteiger partial charge < -0.3 is 10.6 Å². The van der Waals surface area contributed by atoms with E-state index in [-0.39, 0.29) is 24.5 Å². The fourth-order valence-corrected chi connectivity index (χ4v) is 4.10. The molecule has 3 aromatic rings. The lowest BCUT2D eigenvalue weighted by Gasteiger charge is -2.23. The number of nitrogens with one attached hydrogen (secondary N) is 2. The molecule has 1 saturated heterocycles. The standard InChI is InChI=1S/C27H28N2O2/c30-26(23-11-9-21(10-12-23)20-5-2-1-3-6-20)13-14-27(31)29-25-8-4-7-24(19-25)22-15-17-28-18-16-22/h1-12,19,22,28H,13-18H2,(H,29,31). The minimum atomic E-state index is -0.128. The number of carbonyl (C=O) groups excluding carboxylic acids is 2. The van der Waals surface area contributed by atoms with E-state index in [4.69, 9.17) is 0 Å². The van der Waals surface area contributed by atoms with Gasteiger partial charge in [-0.2, -0.15) is 0 Å². The highest BCUT2D eigenvalue weighted by Gasteiger charge is 2.16. The van der Waals surface area contributed by atoms with Crippen LogP contribution < -0.4 is 10.6 Å². The van der Waals surface area contributed by atoms with Crippen molar-refractivity contribution >= 4 is 17.4 Å². The van der Waals surface area contributed by atoms with E-state index in [0.717, 1.165) is 42.7 Å². The van der Waals surface area contributed by atoms with Crippen molar-refractivity contribution < 1.29 is 9.59 Å². The van der Waals surface area contributed by atoms with Crippen LogP contribution in [0, 0.1) is 0 Å². The molecule has 4 nitrogen and oxygen atoms in total. The average Bonchev–Trinajstić information content (AvgIpc) is 2.84. The third-order valence-corrected chi connectivity index (χ3v) is 5.87. The topological polar surface area (TPSA) is 58.2 Å². The normalized spacial score (nSPS) is 14.2. The van der Waals surface area contributed by atoms with E-state index in [1.54, 1.807) is 0 Å². The fraction of sp³-hybridized carbons (Fsp3) is 0.259. The van der Waals surface area contributed by atoms with E-state index in [1.165, 1.54) is 5.56 Å². The second-order valence-corrected chi connectivity index (χ2v) is 8.06. The molecule has 4 heteroatoms. The van der Waals surface area contributed by atoms with Crippen LogP contribution in [-0.4, -0.2) is 24.8 Å². The molecule has 0 radical (unpaired) electrons. The Kier molecular flexibility index (Phi) is 6.90. The third-order valence-electron chi connectivity index (χ3n) is 5.87. The Morgan fingerprint density at radius 3 is 2.26 bits per heavy atom. The van der Waals surface area contributed by atoms with E-state index in [2.05, 4.69) is 22.8 Å². The zero-order chi connectivity index (χ0) is 21.5. The maximum absolute atomic E-state index is 12.5. The van der Waals surface area contributed by atoms with Crippen LogP contribution in [0.5, 0.6) is 0 Å². The second kappa shape index (κ2) is 10.2. The van der Waals surface area contributed by atoms with Gasteiger partial charge in [-0.25, -0.2) is 0 Å². The van der Waals surface area contributed by atoms with E-state index in [0.29, 0.717) is 11.5 Å². The Morgan fingerprint density at radius 1 is 0.806 bits per heavy atom. The number of piperidine rings is 1. The molecule has 0 aliphatic carbocycles. The number of ketones is 1. The lowest BCUT2D eigenvalue weighted by molar-refractivity contribution is -0.116. The predicted octanol–water partition coefficient (Wildman–Crippen LogP) is 5.42. The SMILES string of the molecule is O=C(CCC(=O)c1ccc(-c2ccccc2)cc1)Nc1cccc(C2CCNCC2)c1. The van der Waals surface area contributed by atoms with Crippen molar-refractivity contribution in [1.82, 2.24) is 5.32 Å². The summed E-state index contributed by atoms with van der Waals surface area (Å²) in [4.78, 5) is 24.9. The van der Waals surface area contributed by atoms with E-state index < -0.39 is 0 Å². The highest BCUT2D eigenvalue weighted by atomic mass is 16.2. The van der Waals surface area contributed by atoms with Gasteiger partial charge in [0.2, 0.25) is 5.91 Å². The monoisotopic (exact) mass is 412 g/mol. The minimum absolute atomic E-state index is 0.0155. The summed E-state index contributed by atoms with van der Waals surface area (Å²) in [5.74, 6) is 0.397. The van der Waals surface area contributed by atoms with Gasteiger partial charge in [0.25, 0.3) is 0 Å². The van der Waals surface area contributed by atoms with Gasteiger partial charge in [-0.1, -0.05) is 66.7 Å². The number of carbonyl (C=O) groups is 2. The Bertz CT molecular complexity index is 1020. The molecule has 3 aromatic carbocycles. The molecule has 2 N–H and O–H groups in total. The van der Waals surface area contributed by atoms with Gasteiger partial charge in [0.1, 0.15) is 0 Å². The molecule has 0 unspecified atom stereocenters. The molecule has 158 valence electrons. The molecule has 31 heavy (non-hydrogen) atoms. The lowest BCUT2D eigenvalue weighted by atomic mass is 9.90. The number of Topliss-reactive ketones (excluding diaryl/α,β-unsaturated/α-hetero) is 1. The van der Waals surface area contributed by atoms with Crippen LogP contribution in [0.3, 0.4) is 0 Å². The van der Waals surface area contributed by atoms with Gasteiger partial charge in [0.15, 0.2) is 5.78 Å². The molecule has 0 aromatic heterocycles. The van der Waals surface area contributed by atoms with Gasteiger partial charge in [0.05, 0.1) is 0 Å². The molecule has 1 aliphatic heterocycles. The van der Waals surface area contributed by atoms with Crippen LogP contribution in [0.25, 0.3) is 11.1 Å². The summed E-state index contributed by atoms with van der Waals surface area (Å²) in [5, 5.41) is 6.33. The summed E-state index contributed by atoms with van der Waals surface area (Å²) in [7, 11) is 0. The highest BCUT2D eigenvalue weighted by molar-refractivity contribution is 6.00. The summed E-state index contributed by atoms with van der Waals surface area (Å²) in [6, 6.07) is 25.7. The first-order valence-electron chi connectivity index (χ1n) is 11.0. The van der Waals surface area contributed by atoms with Crippen LogP contribution in [0.1, 0.15) is 47.5 Å². The molecule has 1 fully saturated rings. The van der Waals surface area contributed by atoms with Crippen molar-refractivity contribution in [2.45, 2.75) is 31.6 Å². The smallest absolute Gasteiger partial charge is 0.224 e. The summed E-state index contributed by atoms with van der Waals surface area (Å²) in [6.07, 6.45) is 2.62. The summed E-state index contributed by atoms with van der Waals surface area (Å²) in [6.45, 7) is 2.07. The van der Waals surface area contributed by atoms with Gasteiger partial charge in [-0.15, -0.1) is 0 Å². The van der Waals surface area contributed by atoms with E-state index >= 15 is 0 Å². The molecule has 1 amide bonds. The Hall–Kier alpha value is -3.24. The van der Waals surface area contributed by atoms with Gasteiger partial charge in [-0.05, 0) is 60.7 Å². The molecule has 1 heterocycles. The average molecular weight is 413 g/mol. The Morgan fingerprint density at radius 2 is 1.52 bits per heavy atom. The number of benzene rings is 3. The number of anilines is 1. The number of hydrogen-bond donors (Lipinski definition) is 2. The molecule has 0 bridgehead atoms. The zero-order valence-corrected chi connectivity index (χ0v) is 17.6. The van der Waals surface area contributed by atoms with E-state index in [1.807, 2.05) is 66.7 Å². The van der Waals surface area contributed by atoms with Crippen LogP contribution >= 0.6 is 0 Å². The number of amides is 1. The van der Waals surface area contributed by atoms with Crippen molar-refractivity contribution in [2.75, 3.05) is 18.4 Å². The first-order chi connectivity index (χ1) is 15.2. The van der Waals surface area contributed by atoms with Crippen molar-refractivity contribution in [1.29, 1.82) is 0 Å². The summed E-state index contributed by atoms with van der Waals surface area (Å²) < 4.78 is 0. The Labute approximate surface area is 183 Å². The van der Waals surface area contributed by atoms with Gasteiger partial charge in [-0.3, -0.25) is 9.59 Å². The quantitative estimate of drug-likeness (QED) is 0.509. The largest absolute Gasteiger partial charge is 0.326 e. The third kappa shape index (κ3) is 5.68. The first kappa shape index (κ1) is 21.0. The van der Waals surface area contributed by atoms with Crippen molar-refractivity contribution in [2.24, 2.45) is 0 Å². The highest BCUT2D eigenvalue weighted by Crippen LogP contribution is 2.27. The number of hydrogen-bond acceptors (Lipinski definition) is 3. The van der Waals surface area contributed by atoms with Crippen LogP contribution in [0.4, 0.5) is 5.69 Å². The van der Waals surface area contributed by atoms with E-state index in [9.17, 15) is 9.59 Å². The van der Waals surface area contributed by atoms with Crippen molar-refractivity contribution in [3.8, 4) is 11.1 Å². The molecular formula is C27H28N2O2.